The number of methoxy groups -OCH3 is 1. The van der Waals surface area contributed by atoms with Crippen molar-refractivity contribution >= 4 is 11.9 Å². The zero-order valence-corrected chi connectivity index (χ0v) is 20.3. The molecule has 0 aromatic heterocycles. The van der Waals surface area contributed by atoms with Crippen molar-refractivity contribution in [1.82, 2.24) is 0 Å². The maximum Gasteiger partial charge on any atom is 0.338 e. The van der Waals surface area contributed by atoms with Crippen LogP contribution in [0.1, 0.15) is 130 Å². The summed E-state index contributed by atoms with van der Waals surface area (Å²) in [5, 5.41) is 9.20. The molecule has 0 atom stereocenters. The van der Waals surface area contributed by atoms with Crippen molar-refractivity contribution in [1.29, 1.82) is 0 Å². The van der Waals surface area contributed by atoms with E-state index < -0.39 is 11.9 Å². The Labute approximate surface area is 194 Å². The van der Waals surface area contributed by atoms with Crippen molar-refractivity contribution in [2.24, 2.45) is 0 Å². The number of rotatable bonds is 20. The molecule has 0 saturated carbocycles. The molecule has 5 nitrogen and oxygen atoms in total. The summed E-state index contributed by atoms with van der Waals surface area (Å²) in [7, 11) is 1.27. The zero-order chi connectivity index (χ0) is 23.4. The predicted molar refractivity (Wildman–Crippen MR) is 130 cm³/mol. The Morgan fingerprint density at radius 2 is 1.12 bits per heavy atom. The van der Waals surface area contributed by atoms with Gasteiger partial charge in [0.25, 0.3) is 0 Å². The molecule has 0 heterocycles. The number of carbonyl (C=O) groups is 2. The van der Waals surface area contributed by atoms with Gasteiger partial charge in [0, 0.05) is 0 Å². The highest BCUT2D eigenvalue weighted by Crippen LogP contribution is 2.19. The quantitative estimate of drug-likeness (QED) is 0.163. The Morgan fingerprint density at radius 3 is 1.56 bits per heavy atom. The lowest BCUT2D eigenvalue weighted by molar-refractivity contribution is 0.0600. The second-order valence-corrected chi connectivity index (χ2v) is 8.69. The molecule has 0 aliphatic carbocycles. The molecule has 0 aliphatic heterocycles. The Kier molecular flexibility index (Phi) is 16.2. The fourth-order valence-electron chi connectivity index (χ4n) is 3.88. The first kappa shape index (κ1) is 28.0. The van der Waals surface area contributed by atoms with E-state index in [1.54, 1.807) is 0 Å². The van der Waals surface area contributed by atoms with Crippen molar-refractivity contribution in [2.75, 3.05) is 13.7 Å². The summed E-state index contributed by atoms with van der Waals surface area (Å²) in [4.78, 5) is 22.9. The number of ether oxygens (including phenoxy) is 2. The normalized spacial score (nSPS) is 10.8. The minimum absolute atomic E-state index is 0.0230. The van der Waals surface area contributed by atoms with Crippen LogP contribution in [0.5, 0.6) is 5.75 Å². The smallest absolute Gasteiger partial charge is 0.338 e. The van der Waals surface area contributed by atoms with Gasteiger partial charge in [0.1, 0.15) is 5.75 Å². The summed E-state index contributed by atoms with van der Waals surface area (Å²) in [5.41, 5.74) is 0.212. The average molecular weight is 449 g/mol. The third kappa shape index (κ3) is 13.4. The molecule has 0 unspecified atom stereocenters. The minimum Gasteiger partial charge on any atom is -0.494 e. The van der Waals surface area contributed by atoms with Crippen LogP contribution in [-0.4, -0.2) is 30.8 Å². The van der Waals surface area contributed by atoms with E-state index in [-0.39, 0.29) is 11.1 Å². The van der Waals surface area contributed by atoms with Gasteiger partial charge in [-0.1, -0.05) is 103 Å². The lowest BCUT2D eigenvalue weighted by Gasteiger charge is -2.09. The molecule has 0 fully saturated rings. The summed E-state index contributed by atoms with van der Waals surface area (Å²) in [6.45, 7) is 2.78. The lowest BCUT2D eigenvalue weighted by atomic mass is 10.0. The zero-order valence-electron chi connectivity index (χ0n) is 20.3. The number of hydrogen-bond donors (Lipinski definition) is 1. The van der Waals surface area contributed by atoms with Gasteiger partial charge in [-0.15, -0.1) is 0 Å². The van der Waals surface area contributed by atoms with Crippen LogP contribution < -0.4 is 4.74 Å². The molecule has 1 rings (SSSR count). The van der Waals surface area contributed by atoms with Crippen molar-refractivity contribution in [3.63, 3.8) is 0 Å². The standard InChI is InChI=1S/C27H44O5/c1-3-4-5-6-7-8-9-10-11-12-13-14-15-16-17-18-19-32-25-21-23(26(28)29)20-24(22-25)27(30)31-2/h20-22H,3-19H2,1-2H3,(H,28,29). The highest BCUT2D eigenvalue weighted by Gasteiger charge is 2.13. The molecule has 1 aromatic carbocycles. The Balaban J connectivity index is 2.01. The topological polar surface area (TPSA) is 72.8 Å². The van der Waals surface area contributed by atoms with Crippen LogP contribution in [0.3, 0.4) is 0 Å². The SMILES string of the molecule is CCCCCCCCCCCCCCCCCCOc1cc(C(=O)O)cc(C(=O)OC)c1. The second kappa shape index (κ2) is 18.5. The number of aromatic carboxylic acids is 1. The molecule has 32 heavy (non-hydrogen) atoms. The highest BCUT2D eigenvalue weighted by atomic mass is 16.5. The summed E-state index contributed by atoms with van der Waals surface area (Å²) in [5.74, 6) is -1.27. The fourth-order valence-corrected chi connectivity index (χ4v) is 3.88. The van der Waals surface area contributed by atoms with E-state index >= 15 is 0 Å². The van der Waals surface area contributed by atoms with Crippen LogP contribution in [0.25, 0.3) is 0 Å². The van der Waals surface area contributed by atoms with Gasteiger partial charge in [0.15, 0.2) is 0 Å². The van der Waals surface area contributed by atoms with E-state index in [2.05, 4.69) is 11.7 Å². The second-order valence-electron chi connectivity index (χ2n) is 8.69. The monoisotopic (exact) mass is 448 g/mol. The van der Waals surface area contributed by atoms with Crippen LogP contribution in [0, 0.1) is 0 Å². The van der Waals surface area contributed by atoms with Gasteiger partial charge in [-0.05, 0) is 24.6 Å². The largest absolute Gasteiger partial charge is 0.494 e. The number of hydrogen-bond acceptors (Lipinski definition) is 4. The van der Waals surface area contributed by atoms with E-state index in [9.17, 15) is 14.7 Å². The van der Waals surface area contributed by atoms with Crippen molar-refractivity contribution < 1.29 is 24.2 Å². The van der Waals surface area contributed by atoms with Crippen molar-refractivity contribution in [2.45, 2.75) is 110 Å². The molecular weight excluding hydrogens is 404 g/mol. The molecule has 5 heteroatoms. The van der Waals surface area contributed by atoms with Crippen molar-refractivity contribution in [3.05, 3.63) is 29.3 Å². The van der Waals surface area contributed by atoms with E-state index in [1.165, 1.54) is 115 Å². The summed E-state index contributed by atoms with van der Waals surface area (Å²) < 4.78 is 10.4. The number of carboxylic acid groups (broad SMARTS) is 1. The molecule has 1 aromatic rings. The van der Waals surface area contributed by atoms with Crippen LogP contribution in [-0.2, 0) is 4.74 Å². The van der Waals surface area contributed by atoms with Crippen LogP contribution >= 0.6 is 0 Å². The Bertz CT molecular complexity index is 641. The number of esters is 1. The maximum atomic E-state index is 11.7. The Hall–Kier alpha value is -2.04. The third-order valence-electron chi connectivity index (χ3n) is 5.84. The average Bonchev–Trinajstić information content (AvgIpc) is 2.80. The first-order chi connectivity index (χ1) is 15.6. The van der Waals surface area contributed by atoms with Gasteiger partial charge in [0.05, 0.1) is 24.8 Å². The molecule has 0 saturated heterocycles. The van der Waals surface area contributed by atoms with Crippen LogP contribution in [0.4, 0.5) is 0 Å². The highest BCUT2D eigenvalue weighted by molar-refractivity contribution is 5.95. The summed E-state index contributed by atoms with van der Waals surface area (Å²) in [6, 6.07) is 4.28. The maximum absolute atomic E-state index is 11.7. The molecule has 0 amide bonds. The van der Waals surface area contributed by atoms with Gasteiger partial charge in [-0.2, -0.15) is 0 Å². The summed E-state index contributed by atoms with van der Waals surface area (Å²) in [6.07, 6.45) is 21.1. The van der Waals surface area contributed by atoms with Gasteiger partial charge >= 0.3 is 11.9 Å². The molecular formula is C27H44O5. The molecule has 182 valence electrons. The number of carbonyl (C=O) groups excluding carboxylic acids is 1. The molecule has 1 N–H and O–H groups in total. The number of carboxylic acids is 1. The predicted octanol–water partition coefficient (Wildman–Crippen LogP) is 7.81. The van der Waals surface area contributed by atoms with Gasteiger partial charge in [-0.25, -0.2) is 9.59 Å². The van der Waals surface area contributed by atoms with E-state index in [0.717, 1.165) is 12.8 Å². The molecule has 0 aliphatic rings. The molecule has 0 bridgehead atoms. The van der Waals surface area contributed by atoms with Gasteiger partial charge in [0.2, 0.25) is 0 Å². The minimum atomic E-state index is -1.09. The third-order valence-corrected chi connectivity index (χ3v) is 5.84. The number of benzene rings is 1. The Morgan fingerprint density at radius 1 is 0.688 bits per heavy atom. The van der Waals surface area contributed by atoms with Gasteiger partial charge in [-0.3, -0.25) is 0 Å². The number of unbranched alkanes of at least 4 members (excludes halogenated alkanes) is 15. The molecule has 0 radical (unpaired) electrons. The van der Waals surface area contributed by atoms with Crippen LogP contribution in [0.2, 0.25) is 0 Å². The first-order valence-corrected chi connectivity index (χ1v) is 12.7. The van der Waals surface area contributed by atoms with E-state index in [4.69, 9.17) is 4.74 Å². The molecule has 0 spiro atoms. The fraction of sp³-hybridized carbons (Fsp3) is 0.704. The van der Waals surface area contributed by atoms with Crippen molar-refractivity contribution in [3.8, 4) is 5.75 Å². The van der Waals surface area contributed by atoms with E-state index in [1.807, 2.05) is 0 Å². The lowest BCUT2D eigenvalue weighted by Crippen LogP contribution is -2.06. The summed E-state index contributed by atoms with van der Waals surface area (Å²) >= 11 is 0. The first-order valence-electron chi connectivity index (χ1n) is 12.7. The van der Waals surface area contributed by atoms with Gasteiger partial charge < -0.3 is 14.6 Å². The van der Waals surface area contributed by atoms with E-state index in [0.29, 0.717) is 12.4 Å². The van der Waals surface area contributed by atoms with Crippen LogP contribution in [0.15, 0.2) is 18.2 Å².